The van der Waals surface area contributed by atoms with Crippen LogP contribution in [0.25, 0.3) is 11.4 Å². The standard InChI is InChI=1S/C19H19N5O3/c1-27-14-2-3-17(25)12(6-14)9-24-5-4-15-16(10-24)22-18(23-19(15)26)13-7-20-11-21-8-13/h2-3,6-8,11,25H,4-5,9-10H2,1H3,(H,22,23,26). The molecule has 0 saturated carbocycles. The first-order chi connectivity index (χ1) is 13.1. The van der Waals surface area contributed by atoms with E-state index in [4.69, 9.17) is 4.74 Å². The Kier molecular flexibility index (Phi) is 4.55. The molecule has 1 aliphatic heterocycles. The van der Waals surface area contributed by atoms with Crippen molar-refractivity contribution < 1.29 is 9.84 Å². The van der Waals surface area contributed by atoms with E-state index in [1.165, 1.54) is 6.33 Å². The van der Waals surface area contributed by atoms with E-state index in [0.29, 0.717) is 48.8 Å². The van der Waals surface area contributed by atoms with Crippen molar-refractivity contribution in [2.45, 2.75) is 19.5 Å². The van der Waals surface area contributed by atoms with Crippen molar-refractivity contribution in [1.29, 1.82) is 0 Å². The minimum absolute atomic E-state index is 0.122. The number of H-pyrrole nitrogens is 1. The number of ether oxygens (including phenoxy) is 1. The van der Waals surface area contributed by atoms with Gasteiger partial charge < -0.3 is 14.8 Å². The van der Waals surface area contributed by atoms with Crippen molar-refractivity contribution in [2.24, 2.45) is 0 Å². The van der Waals surface area contributed by atoms with E-state index in [1.807, 2.05) is 6.07 Å². The Morgan fingerprint density at radius 1 is 1.30 bits per heavy atom. The quantitative estimate of drug-likeness (QED) is 0.722. The molecular formula is C19H19N5O3. The monoisotopic (exact) mass is 365 g/mol. The van der Waals surface area contributed by atoms with Crippen LogP contribution >= 0.6 is 0 Å². The molecule has 0 saturated heterocycles. The lowest BCUT2D eigenvalue weighted by Crippen LogP contribution is -2.35. The second-order valence-corrected chi connectivity index (χ2v) is 6.42. The lowest BCUT2D eigenvalue weighted by molar-refractivity contribution is 0.237. The molecule has 0 radical (unpaired) electrons. The highest BCUT2D eigenvalue weighted by atomic mass is 16.5. The number of phenolic OH excluding ortho intramolecular Hbond substituents is 1. The van der Waals surface area contributed by atoms with E-state index >= 15 is 0 Å². The van der Waals surface area contributed by atoms with E-state index in [0.717, 1.165) is 11.3 Å². The third-order valence-corrected chi connectivity index (χ3v) is 4.67. The van der Waals surface area contributed by atoms with Gasteiger partial charge in [-0.3, -0.25) is 9.69 Å². The molecule has 2 aromatic heterocycles. The molecule has 27 heavy (non-hydrogen) atoms. The summed E-state index contributed by atoms with van der Waals surface area (Å²) in [5.74, 6) is 1.38. The molecule has 0 amide bonds. The van der Waals surface area contributed by atoms with Crippen LogP contribution in [0.5, 0.6) is 11.5 Å². The zero-order valence-electron chi connectivity index (χ0n) is 14.8. The minimum Gasteiger partial charge on any atom is -0.508 e. The SMILES string of the molecule is COc1ccc(O)c(CN2CCc3c(nc(-c4cncnc4)[nH]c3=O)C2)c1. The van der Waals surface area contributed by atoms with Gasteiger partial charge in [0.25, 0.3) is 5.56 Å². The van der Waals surface area contributed by atoms with Gasteiger partial charge in [0, 0.05) is 43.2 Å². The Hall–Kier alpha value is -3.26. The van der Waals surface area contributed by atoms with Crippen LogP contribution in [0.1, 0.15) is 16.8 Å². The van der Waals surface area contributed by atoms with Crippen molar-refractivity contribution >= 4 is 0 Å². The third kappa shape index (κ3) is 3.52. The summed E-state index contributed by atoms with van der Waals surface area (Å²) in [5.41, 5.74) is 2.77. The Labute approximate surface area is 155 Å². The summed E-state index contributed by atoms with van der Waals surface area (Å²) in [6, 6.07) is 5.17. The van der Waals surface area contributed by atoms with E-state index in [9.17, 15) is 9.90 Å². The Balaban J connectivity index is 1.61. The highest BCUT2D eigenvalue weighted by Crippen LogP contribution is 2.26. The van der Waals surface area contributed by atoms with Gasteiger partial charge in [-0.05, 0) is 24.6 Å². The van der Waals surface area contributed by atoms with Gasteiger partial charge >= 0.3 is 0 Å². The molecule has 0 atom stereocenters. The van der Waals surface area contributed by atoms with Crippen LogP contribution in [-0.2, 0) is 19.5 Å². The van der Waals surface area contributed by atoms with Crippen molar-refractivity contribution in [3.63, 3.8) is 0 Å². The fourth-order valence-corrected chi connectivity index (χ4v) is 3.24. The van der Waals surface area contributed by atoms with Crippen LogP contribution < -0.4 is 10.3 Å². The van der Waals surface area contributed by atoms with Crippen LogP contribution in [0, 0.1) is 0 Å². The molecular weight excluding hydrogens is 346 g/mol. The number of hydrogen-bond acceptors (Lipinski definition) is 7. The molecule has 8 nitrogen and oxygen atoms in total. The molecule has 138 valence electrons. The maximum Gasteiger partial charge on any atom is 0.254 e. The van der Waals surface area contributed by atoms with Gasteiger partial charge in [0.05, 0.1) is 18.4 Å². The zero-order valence-corrected chi connectivity index (χ0v) is 14.8. The fraction of sp³-hybridized carbons (Fsp3) is 0.263. The number of aromatic nitrogens is 4. The predicted molar refractivity (Wildman–Crippen MR) is 98.4 cm³/mol. The molecule has 1 aliphatic rings. The topological polar surface area (TPSA) is 104 Å². The first kappa shape index (κ1) is 17.2. The number of fused-ring (bicyclic) bond motifs is 1. The van der Waals surface area contributed by atoms with Gasteiger partial charge in [-0.15, -0.1) is 0 Å². The summed E-state index contributed by atoms with van der Waals surface area (Å²) in [7, 11) is 1.60. The van der Waals surface area contributed by atoms with Crippen molar-refractivity contribution in [3.05, 3.63) is 64.1 Å². The number of aromatic amines is 1. The number of benzene rings is 1. The molecule has 0 bridgehead atoms. The van der Waals surface area contributed by atoms with Crippen LogP contribution in [0.4, 0.5) is 0 Å². The van der Waals surface area contributed by atoms with E-state index in [1.54, 1.807) is 31.6 Å². The lowest BCUT2D eigenvalue weighted by Gasteiger charge is -2.28. The molecule has 0 fully saturated rings. The summed E-state index contributed by atoms with van der Waals surface area (Å²) < 4.78 is 5.24. The van der Waals surface area contributed by atoms with Gasteiger partial charge in [-0.1, -0.05) is 0 Å². The van der Waals surface area contributed by atoms with E-state index < -0.39 is 0 Å². The number of nitrogens with one attached hydrogen (secondary N) is 1. The van der Waals surface area contributed by atoms with Gasteiger partial charge in [-0.2, -0.15) is 0 Å². The maximum absolute atomic E-state index is 12.4. The number of methoxy groups -OCH3 is 1. The largest absolute Gasteiger partial charge is 0.508 e. The maximum atomic E-state index is 12.4. The highest BCUT2D eigenvalue weighted by molar-refractivity contribution is 5.52. The second-order valence-electron chi connectivity index (χ2n) is 6.42. The average molecular weight is 365 g/mol. The minimum atomic E-state index is -0.122. The Morgan fingerprint density at radius 3 is 2.89 bits per heavy atom. The molecule has 2 N–H and O–H groups in total. The summed E-state index contributed by atoms with van der Waals surface area (Å²) in [5, 5.41) is 10.1. The average Bonchev–Trinajstić information content (AvgIpc) is 2.70. The van der Waals surface area contributed by atoms with Crippen LogP contribution in [0.3, 0.4) is 0 Å². The highest BCUT2D eigenvalue weighted by Gasteiger charge is 2.22. The summed E-state index contributed by atoms with van der Waals surface area (Å²) in [6.45, 7) is 1.78. The number of nitrogens with zero attached hydrogens (tertiary/aromatic N) is 4. The van der Waals surface area contributed by atoms with Crippen LogP contribution in [-0.4, -0.2) is 43.6 Å². The molecule has 0 spiro atoms. The molecule has 4 rings (SSSR count). The van der Waals surface area contributed by atoms with Crippen molar-refractivity contribution in [1.82, 2.24) is 24.8 Å². The van der Waals surface area contributed by atoms with E-state index in [-0.39, 0.29) is 11.3 Å². The first-order valence-electron chi connectivity index (χ1n) is 8.59. The third-order valence-electron chi connectivity index (χ3n) is 4.67. The van der Waals surface area contributed by atoms with Gasteiger partial charge in [0.1, 0.15) is 23.7 Å². The van der Waals surface area contributed by atoms with E-state index in [2.05, 4.69) is 24.8 Å². The second kappa shape index (κ2) is 7.16. The summed E-state index contributed by atoms with van der Waals surface area (Å²) in [4.78, 5) is 30.0. The zero-order chi connectivity index (χ0) is 18.8. The van der Waals surface area contributed by atoms with Gasteiger partial charge in [0.15, 0.2) is 0 Å². The number of phenols is 1. The molecule has 3 aromatic rings. The van der Waals surface area contributed by atoms with Gasteiger partial charge in [-0.25, -0.2) is 15.0 Å². The number of hydrogen-bond donors (Lipinski definition) is 2. The summed E-state index contributed by atoms with van der Waals surface area (Å²) >= 11 is 0. The molecule has 1 aromatic carbocycles. The smallest absolute Gasteiger partial charge is 0.254 e. The summed E-state index contributed by atoms with van der Waals surface area (Å²) in [6.07, 6.45) is 5.27. The van der Waals surface area contributed by atoms with Gasteiger partial charge in [0.2, 0.25) is 0 Å². The molecule has 0 unspecified atom stereocenters. The number of aromatic hydroxyl groups is 1. The molecule has 0 aliphatic carbocycles. The Bertz CT molecular complexity index is 1020. The normalized spacial score (nSPS) is 14.0. The Morgan fingerprint density at radius 2 is 2.11 bits per heavy atom. The number of rotatable bonds is 4. The van der Waals surface area contributed by atoms with Crippen molar-refractivity contribution in [3.8, 4) is 22.9 Å². The van der Waals surface area contributed by atoms with Crippen LogP contribution in [0.15, 0.2) is 41.7 Å². The molecule has 8 heteroatoms. The van der Waals surface area contributed by atoms with Crippen LogP contribution in [0.2, 0.25) is 0 Å². The fourth-order valence-electron chi connectivity index (χ4n) is 3.24. The predicted octanol–water partition coefficient (Wildman–Crippen LogP) is 1.50. The molecule has 3 heterocycles. The lowest BCUT2D eigenvalue weighted by atomic mass is 10.0. The van der Waals surface area contributed by atoms with Crippen molar-refractivity contribution in [2.75, 3.05) is 13.7 Å². The first-order valence-corrected chi connectivity index (χ1v) is 8.59.